The van der Waals surface area contributed by atoms with Crippen molar-refractivity contribution in [3.8, 4) is 0 Å². The van der Waals surface area contributed by atoms with Crippen LogP contribution in [-0.4, -0.2) is 6.54 Å². The molecule has 2 heteroatoms. The SMILES string of the molecule is CCCNC(c1cccc(Cl)c1)c1ccccc1C. The summed E-state index contributed by atoms with van der Waals surface area (Å²) in [6.07, 6.45) is 1.11. The second-order valence-corrected chi connectivity index (χ2v) is 5.24. The van der Waals surface area contributed by atoms with Crippen LogP contribution in [0.3, 0.4) is 0 Å². The number of hydrogen-bond acceptors (Lipinski definition) is 1. The zero-order chi connectivity index (χ0) is 13.7. The first-order valence-corrected chi connectivity index (χ1v) is 7.14. The van der Waals surface area contributed by atoms with Crippen LogP contribution in [0.2, 0.25) is 5.02 Å². The summed E-state index contributed by atoms with van der Waals surface area (Å²) in [4.78, 5) is 0. The molecule has 0 spiro atoms. The third-order valence-corrected chi connectivity index (χ3v) is 3.52. The predicted octanol–water partition coefficient (Wildman–Crippen LogP) is 4.74. The minimum Gasteiger partial charge on any atom is -0.306 e. The Labute approximate surface area is 120 Å². The monoisotopic (exact) mass is 273 g/mol. The highest BCUT2D eigenvalue weighted by Crippen LogP contribution is 2.26. The van der Waals surface area contributed by atoms with Crippen molar-refractivity contribution in [1.82, 2.24) is 5.32 Å². The van der Waals surface area contributed by atoms with Gasteiger partial charge in [-0.05, 0) is 48.7 Å². The molecular weight excluding hydrogens is 254 g/mol. The first kappa shape index (κ1) is 14.1. The number of nitrogens with one attached hydrogen (secondary N) is 1. The molecule has 0 fully saturated rings. The van der Waals surface area contributed by atoms with Crippen LogP contribution in [0.15, 0.2) is 48.5 Å². The van der Waals surface area contributed by atoms with Crippen molar-refractivity contribution in [3.05, 3.63) is 70.2 Å². The van der Waals surface area contributed by atoms with Crippen molar-refractivity contribution in [2.75, 3.05) is 6.54 Å². The topological polar surface area (TPSA) is 12.0 Å². The van der Waals surface area contributed by atoms with E-state index >= 15 is 0 Å². The van der Waals surface area contributed by atoms with E-state index in [1.807, 2.05) is 18.2 Å². The van der Waals surface area contributed by atoms with Gasteiger partial charge >= 0.3 is 0 Å². The highest BCUT2D eigenvalue weighted by atomic mass is 35.5. The van der Waals surface area contributed by atoms with E-state index in [0.29, 0.717) is 0 Å². The number of benzene rings is 2. The normalized spacial score (nSPS) is 12.4. The van der Waals surface area contributed by atoms with E-state index in [1.54, 1.807) is 0 Å². The molecule has 0 amide bonds. The molecule has 0 aromatic heterocycles. The number of aryl methyl sites for hydroxylation is 1. The predicted molar refractivity (Wildman–Crippen MR) is 82.8 cm³/mol. The first-order valence-electron chi connectivity index (χ1n) is 6.76. The lowest BCUT2D eigenvalue weighted by molar-refractivity contribution is 0.596. The molecule has 0 radical (unpaired) electrons. The fourth-order valence-corrected chi connectivity index (χ4v) is 2.49. The smallest absolute Gasteiger partial charge is 0.0579 e. The van der Waals surface area contributed by atoms with E-state index in [-0.39, 0.29) is 6.04 Å². The highest BCUT2D eigenvalue weighted by Gasteiger charge is 2.15. The van der Waals surface area contributed by atoms with Gasteiger partial charge in [0, 0.05) is 5.02 Å². The summed E-state index contributed by atoms with van der Waals surface area (Å²) < 4.78 is 0. The second kappa shape index (κ2) is 6.74. The minimum atomic E-state index is 0.208. The third-order valence-electron chi connectivity index (χ3n) is 3.28. The molecule has 0 saturated heterocycles. The van der Waals surface area contributed by atoms with Crippen LogP contribution in [0.4, 0.5) is 0 Å². The Morgan fingerprint density at radius 2 is 1.89 bits per heavy atom. The van der Waals surface area contributed by atoms with Crippen LogP contribution in [0.25, 0.3) is 0 Å². The van der Waals surface area contributed by atoms with Gasteiger partial charge in [0.25, 0.3) is 0 Å². The van der Waals surface area contributed by atoms with Gasteiger partial charge in [0.05, 0.1) is 6.04 Å². The van der Waals surface area contributed by atoms with E-state index in [9.17, 15) is 0 Å². The fourth-order valence-electron chi connectivity index (χ4n) is 2.29. The summed E-state index contributed by atoms with van der Waals surface area (Å²) in [5.41, 5.74) is 3.84. The highest BCUT2D eigenvalue weighted by molar-refractivity contribution is 6.30. The summed E-state index contributed by atoms with van der Waals surface area (Å²) >= 11 is 6.12. The lowest BCUT2D eigenvalue weighted by Gasteiger charge is -2.21. The zero-order valence-corrected chi connectivity index (χ0v) is 12.2. The quantitative estimate of drug-likeness (QED) is 0.830. The third kappa shape index (κ3) is 3.59. The van der Waals surface area contributed by atoms with Crippen molar-refractivity contribution in [2.24, 2.45) is 0 Å². The van der Waals surface area contributed by atoms with Gasteiger partial charge in [-0.2, -0.15) is 0 Å². The zero-order valence-electron chi connectivity index (χ0n) is 11.5. The molecule has 0 bridgehead atoms. The van der Waals surface area contributed by atoms with Crippen LogP contribution < -0.4 is 5.32 Å². The molecule has 0 aliphatic carbocycles. The van der Waals surface area contributed by atoms with Crippen LogP contribution in [0.1, 0.15) is 36.1 Å². The van der Waals surface area contributed by atoms with Gasteiger partial charge < -0.3 is 5.32 Å². The van der Waals surface area contributed by atoms with E-state index in [2.05, 4.69) is 49.5 Å². The van der Waals surface area contributed by atoms with Crippen LogP contribution >= 0.6 is 11.6 Å². The van der Waals surface area contributed by atoms with Crippen LogP contribution in [0.5, 0.6) is 0 Å². The molecule has 19 heavy (non-hydrogen) atoms. The van der Waals surface area contributed by atoms with Gasteiger partial charge in [0.1, 0.15) is 0 Å². The molecule has 2 rings (SSSR count). The van der Waals surface area contributed by atoms with Crippen LogP contribution in [0, 0.1) is 6.92 Å². The van der Waals surface area contributed by atoms with Crippen LogP contribution in [-0.2, 0) is 0 Å². The molecule has 0 aliphatic rings. The molecule has 100 valence electrons. The van der Waals surface area contributed by atoms with E-state index in [4.69, 9.17) is 11.6 Å². The molecule has 0 saturated carbocycles. The van der Waals surface area contributed by atoms with Gasteiger partial charge in [-0.1, -0.05) is 54.9 Å². The Hall–Kier alpha value is -1.31. The Bertz CT molecular complexity index is 536. The number of hydrogen-bond donors (Lipinski definition) is 1. The summed E-state index contributed by atoms with van der Waals surface area (Å²) in [6, 6.07) is 16.8. The van der Waals surface area contributed by atoms with E-state index in [0.717, 1.165) is 18.0 Å². The van der Waals surface area contributed by atoms with Crippen molar-refractivity contribution in [2.45, 2.75) is 26.3 Å². The molecule has 1 nitrogen and oxygen atoms in total. The molecule has 0 heterocycles. The fraction of sp³-hybridized carbons (Fsp3) is 0.294. The molecular formula is C17H20ClN. The largest absolute Gasteiger partial charge is 0.306 e. The maximum absolute atomic E-state index is 6.12. The molecule has 0 aliphatic heterocycles. The van der Waals surface area contributed by atoms with Crippen molar-refractivity contribution < 1.29 is 0 Å². The van der Waals surface area contributed by atoms with Gasteiger partial charge in [-0.25, -0.2) is 0 Å². The Morgan fingerprint density at radius 1 is 1.11 bits per heavy atom. The maximum Gasteiger partial charge on any atom is 0.0579 e. The van der Waals surface area contributed by atoms with Crippen molar-refractivity contribution in [3.63, 3.8) is 0 Å². The maximum atomic E-state index is 6.12. The minimum absolute atomic E-state index is 0.208. The average Bonchev–Trinajstić information content (AvgIpc) is 2.41. The summed E-state index contributed by atoms with van der Waals surface area (Å²) in [6.45, 7) is 5.33. The Balaban J connectivity index is 2.38. The molecule has 1 N–H and O–H groups in total. The van der Waals surface area contributed by atoms with E-state index < -0.39 is 0 Å². The Morgan fingerprint density at radius 3 is 2.58 bits per heavy atom. The molecule has 1 unspecified atom stereocenters. The van der Waals surface area contributed by atoms with Crippen molar-refractivity contribution >= 4 is 11.6 Å². The van der Waals surface area contributed by atoms with Gasteiger partial charge in [-0.3, -0.25) is 0 Å². The number of rotatable bonds is 5. The molecule has 2 aromatic rings. The first-order chi connectivity index (χ1) is 9.22. The summed E-state index contributed by atoms with van der Waals surface area (Å²) in [5, 5.41) is 4.40. The lowest BCUT2D eigenvalue weighted by Crippen LogP contribution is -2.23. The molecule has 1 atom stereocenters. The molecule has 2 aromatic carbocycles. The average molecular weight is 274 g/mol. The summed E-state index contributed by atoms with van der Waals surface area (Å²) in [5.74, 6) is 0. The van der Waals surface area contributed by atoms with Crippen molar-refractivity contribution in [1.29, 1.82) is 0 Å². The Kier molecular flexibility index (Phi) is 5.00. The number of halogens is 1. The van der Waals surface area contributed by atoms with Gasteiger partial charge in [0.2, 0.25) is 0 Å². The second-order valence-electron chi connectivity index (χ2n) is 4.80. The summed E-state index contributed by atoms with van der Waals surface area (Å²) in [7, 11) is 0. The van der Waals surface area contributed by atoms with Gasteiger partial charge in [0.15, 0.2) is 0 Å². The van der Waals surface area contributed by atoms with Gasteiger partial charge in [-0.15, -0.1) is 0 Å². The standard InChI is InChI=1S/C17H20ClN/c1-3-11-19-17(14-8-6-9-15(18)12-14)16-10-5-4-7-13(16)2/h4-10,12,17,19H,3,11H2,1-2H3. The van der Waals surface area contributed by atoms with E-state index in [1.165, 1.54) is 16.7 Å². The lowest BCUT2D eigenvalue weighted by atomic mass is 9.95.